The molecule has 0 radical (unpaired) electrons. The van der Waals surface area contributed by atoms with Crippen molar-refractivity contribution in [2.24, 2.45) is 5.92 Å². The van der Waals surface area contributed by atoms with E-state index in [1.54, 1.807) is 6.92 Å². The fourth-order valence-corrected chi connectivity index (χ4v) is 3.95. The number of halogens is 1. The molecule has 2 rings (SSSR count). The van der Waals surface area contributed by atoms with Crippen molar-refractivity contribution in [1.82, 2.24) is 9.21 Å². The van der Waals surface area contributed by atoms with E-state index in [0.29, 0.717) is 26.0 Å². The molecule has 0 spiro atoms. The zero-order valence-corrected chi connectivity index (χ0v) is 16.6. The Kier molecular flexibility index (Phi) is 6.65. The Hall–Kier alpha value is -1.64. The SMILES string of the molecule is CCOC(=O)[C@@H]1CCCN(C(=O)c2cc(S(=O)(=O)N(C)C)ccc2Cl)C1. The molecule has 0 unspecified atom stereocenters. The lowest BCUT2D eigenvalue weighted by molar-refractivity contribution is -0.149. The van der Waals surface area contributed by atoms with Gasteiger partial charge in [0.05, 0.1) is 28.0 Å². The average molecular weight is 403 g/mol. The van der Waals surface area contributed by atoms with Crippen molar-refractivity contribution in [3.63, 3.8) is 0 Å². The summed E-state index contributed by atoms with van der Waals surface area (Å²) in [5, 5.41) is 0.172. The van der Waals surface area contributed by atoms with Gasteiger partial charge in [-0.05, 0) is 38.0 Å². The van der Waals surface area contributed by atoms with E-state index in [1.165, 1.54) is 37.2 Å². The third kappa shape index (κ3) is 4.36. The maximum absolute atomic E-state index is 12.9. The molecule has 1 aliphatic rings. The molecule has 144 valence electrons. The summed E-state index contributed by atoms with van der Waals surface area (Å²) in [6.45, 7) is 2.74. The lowest BCUT2D eigenvalue weighted by atomic mass is 9.97. The van der Waals surface area contributed by atoms with Gasteiger partial charge in [0, 0.05) is 27.2 Å². The number of esters is 1. The van der Waals surface area contributed by atoms with Crippen LogP contribution in [0.1, 0.15) is 30.1 Å². The van der Waals surface area contributed by atoms with Gasteiger partial charge >= 0.3 is 5.97 Å². The standard InChI is InChI=1S/C17H23ClN2O5S/c1-4-25-17(22)12-6-5-9-20(11-12)16(21)14-10-13(7-8-15(14)18)26(23,24)19(2)3/h7-8,10,12H,4-6,9,11H2,1-3H3/t12-/m1/s1. The minimum atomic E-state index is -3.68. The van der Waals surface area contributed by atoms with Crippen LogP contribution in [0, 0.1) is 5.92 Å². The van der Waals surface area contributed by atoms with Gasteiger partial charge in [0.1, 0.15) is 0 Å². The number of ether oxygens (including phenoxy) is 1. The summed E-state index contributed by atoms with van der Waals surface area (Å²) in [4.78, 5) is 26.4. The molecule has 0 aliphatic carbocycles. The van der Waals surface area contributed by atoms with E-state index in [2.05, 4.69) is 0 Å². The molecule has 7 nitrogen and oxygen atoms in total. The van der Waals surface area contributed by atoms with Crippen molar-refractivity contribution in [2.75, 3.05) is 33.8 Å². The topological polar surface area (TPSA) is 84.0 Å². The molecule has 1 aromatic rings. The number of likely N-dealkylation sites (tertiary alicyclic amines) is 1. The molecule has 1 saturated heterocycles. The summed E-state index contributed by atoms with van der Waals surface area (Å²) in [6.07, 6.45) is 1.33. The van der Waals surface area contributed by atoms with Crippen LogP contribution in [0.4, 0.5) is 0 Å². The van der Waals surface area contributed by atoms with Crippen LogP contribution in [-0.4, -0.2) is 63.3 Å². The highest BCUT2D eigenvalue weighted by Gasteiger charge is 2.31. The molecule has 1 atom stereocenters. The molecule has 1 heterocycles. The number of piperidine rings is 1. The van der Waals surface area contributed by atoms with E-state index >= 15 is 0 Å². The fraction of sp³-hybridized carbons (Fsp3) is 0.529. The van der Waals surface area contributed by atoms with E-state index in [9.17, 15) is 18.0 Å². The number of sulfonamides is 1. The molecule has 0 N–H and O–H groups in total. The van der Waals surface area contributed by atoms with Gasteiger partial charge in [0.2, 0.25) is 10.0 Å². The molecule has 26 heavy (non-hydrogen) atoms. The Morgan fingerprint density at radius 2 is 2.04 bits per heavy atom. The van der Waals surface area contributed by atoms with Gasteiger partial charge in [0.15, 0.2) is 0 Å². The van der Waals surface area contributed by atoms with E-state index in [-0.39, 0.29) is 39.8 Å². The zero-order valence-electron chi connectivity index (χ0n) is 15.1. The van der Waals surface area contributed by atoms with Gasteiger partial charge in [-0.2, -0.15) is 0 Å². The number of amides is 1. The summed E-state index contributed by atoms with van der Waals surface area (Å²) in [7, 11) is -0.849. The Morgan fingerprint density at radius 1 is 1.35 bits per heavy atom. The highest BCUT2D eigenvalue weighted by Crippen LogP contribution is 2.26. The molecule has 0 saturated carbocycles. The monoisotopic (exact) mass is 402 g/mol. The molecule has 9 heteroatoms. The summed E-state index contributed by atoms with van der Waals surface area (Å²) < 4.78 is 30.7. The lowest BCUT2D eigenvalue weighted by Gasteiger charge is -2.31. The maximum atomic E-state index is 12.9. The highest BCUT2D eigenvalue weighted by molar-refractivity contribution is 7.89. The van der Waals surface area contributed by atoms with Crippen LogP contribution < -0.4 is 0 Å². The predicted molar refractivity (Wildman–Crippen MR) is 97.6 cm³/mol. The van der Waals surface area contributed by atoms with Gasteiger partial charge in [-0.3, -0.25) is 9.59 Å². The predicted octanol–water partition coefficient (Wildman–Crippen LogP) is 2.01. The first kappa shape index (κ1) is 20.7. The van der Waals surface area contributed by atoms with Crippen molar-refractivity contribution in [3.8, 4) is 0 Å². The van der Waals surface area contributed by atoms with E-state index in [1.807, 2.05) is 0 Å². The second-order valence-corrected chi connectivity index (χ2v) is 8.83. The van der Waals surface area contributed by atoms with Gasteiger partial charge in [-0.1, -0.05) is 11.6 Å². The minimum Gasteiger partial charge on any atom is -0.466 e. The summed E-state index contributed by atoms with van der Waals surface area (Å²) >= 11 is 6.14. The lowest BCUT2D eigenvalue weighted by Crippen LogP contribution is -2.43. The van der Waals surface area contributed by atoms with Crippen molar-refractivity contribution in [3.05, 3.63) is 28.8 Å². The molecule has 0 aromatic heterocycles. The Morgan fingerprint density at radius 3 is 2.65 bits per heavy atom. The third-order valence-corrected chi connectivity index (χ3v) is 6.42. The van der Waals surface area contributed by atoms with Crippen LogP contribution in [0.15, 0.2) is 23.1 Å². The first-order chi connectivity index (χ1) is 12.2. The van der Waals surface area contributed by atoms with E-state index < -0.39 is 10.0 Å². The van der Waals surface area contributed by atoms with Crippen molar-refractivity contribution >= 4 is 33.5 Å². The van der Waals surface area contributed by atoms with E-state index in [0.717, 1.165) is 4.31 Å². The van der Waals surface area contributed by atoms with Crippen LogP contribution >= 0.6 is 11.6 Å². The van der Waals surface area contributed by atoms with Crippen molar-refractivity contribution in [1.29, 1.82) is 0 Å². The largest absolute Gasteiger partial charge is 0.466 e. The van der Waals surface area contributed by atoms with Crippen LogP contribution in [0.3, 0.4) is 0 Å². The number of carbonyl (C=O) groups excluding carboxylic acids is 2. The van der Waals surface area contributed by atoms with Crippen LogP contribution in [-0.2, 0) is 19.6 Å². The number of hydrogen-bond acceptors (Lipinski definition) is 5. The van der Waals surface area contributed by atoms with Crippen molar-refractivity contribution in [2.45, 2.75) is 24.7 Å². The van der Waals surface area contributed by atoms with Crippen LogP contribution in [0.5, 0.6) is 0 Å². The zero-order chi connectivity index (χ0) is 19.5. The molecule has 1 fully saturated rings. The molecular weight excluding hydrogens is 380 g/mol. The molecular formula is C17H23ClN2O5S. The number of rotatable bonds is 5. The third-order valence-electron chi connectivity index (χ3n) is 4.28. The Labute approximate surface area is 158 Å². The van der Waals surface area contributed by atoms with Crippen molar-refractivity contribution < 1.29 is 22.7 Å². The Bertz CT molecular complexity index is 794. The summed E-state index contributed by atoms with van der Waals surface area (Å²) in [6, 6.07) is 4.05. The second kappa shape index (κ2) is 8.37. The average Bonchev–Trinajstić information content (AvgIpc) is 2.61. The van der Waals surface area contributed by atoms with Crippen LogP contribution in [0.25, 0.3) is 0 Å². The van der Waals surface area contributed by atoms with Gasteiger partial charge in [-0.25, -0.2) is 12.7 Å². The normalized spacial score (nSPS) is 18.0. The summed E-state index contributed by atoms with van der Waals surface area (Å²) in [5.41, 5.74) is 0.110. The smallest absolute Gasteiger partial charge is 0.310 e. The highest BCUT2D eigenvalue weighted by atomic mass is 35.5. The first-order valence-electron chi connectivity index (χ1n) is 8.36. The quantitative estimate of drug-likeness (QED) is 0.703. The second-order valence-electron chi connectivity index (χ2n) is 6.27. The molecule has 1 aromatic carbocycles. The first-order valence-corrected chi connectivity index (χ1v) is 10.2. The number of benzene rings is 1. The van der Waals surface area contributed by atoms with E-state index in [4.69, 9.17) is 16.3 Å². The van der Waals surface area contributed by atoms with Gasteiger partial charge < -0.3 is 9.64 Å². The number of nitrogens with zero attached hydrogens (tertiary/aromatic N) is 2. The van der Waals surface area contributed by atoms with Gasteiger partial charge in [0.25, 0.3) is 5.91 Å². The Balaban J connectivity index is 2.27. The molecule has 1 aliphatic heterocycles. The minimum absolute atomic E-state index is 0.00537. The number of hydrogen-bond donors (Lipinski definition) is 0. The van der Waals surface area contributed by atoms with Crippen LogP contribution in [0.2, 0.25) is 5.02 Å². The molecule has 0 bridgehead atoms. The number of carbonyl (C=O) groups is 2. The fourth-order valence-electron chi connectivity index (χ4n) is 2.82. The van der Waals surface area contributed by atoms with Gasteiger partial charge in [-0.15, -0.1) is 0 Å². The molecule has 1 amide bonds. The maximum Gasteiger partial charge on any atom is 0.310 e. The summed E-state index contributed by atoms with van der Waals surface area (Å²) in [5.74, 6) is -1.08.